The van der Waals surface area contributed by atoms with Gasteiger partial charge < -0.3 is 26.0 Å². The smallest absolute Gasteiger partial charge is 0.471 e. The predicted molar refractivity (Wildman–Crippen MR) is 81.6 cm³/mol. The standard InChI is InChI=1S/C14H23F3N4O4/c1-4-20(7(2)3)13(25)21-6-8(18)10(11(22)23)9(21)5-19-12(24)14(15,16)17/h7-10H,4-6,18H2,1-3H3,(H,19,24)(H,22,23)/t8-,9-,10-/m0/s1. The lowest BCUT2D eigenvalue weighted by Crippen LogP contribution is -2.53. The number of carbonyl (C=O) groups excluding carboxylic acids is 2. The van der Waals surface area contributed by atoms with Gasteiger partial charge in [0.25, 0.3) is 0 Å². The molecule has 1 heterocycles. The monoisotopic (exact) mass is 368 g/mol. The van der Waals surface area contributed by atoms with E-state index in [-0.39, 0.29) is 12.6 Å². The zero-order chi connectivity index (χ0) is 19.5. The maximum absolute atomic E-state index is 12.7. The van der Waals surface area contributed by atoms with E-state index < -0.39 is 48.6 Å². The summed E-state index contributed by atoms with van der Waals surface area (Å²) in [5.74, 6) is -4.80. The number of aliphatic carboxylic acids is 1. The van der Waals surface area contributed by atoms with Gasteiger partial charge in [-0.05, 0) is 20.8 Å². The van der Waals surface area contributed by atoms with Crippen LogP contribution in [0.5, 0.6) is 0 Å². The highest BCUT2D eigenvalue weighted by Gasteiger charge is 2.48. The quantitative estimate of drug-likeness (QED) is 0.642. The summed E-state index contributed by atoms with van der Waals surface area (Å²) < 4.78 is 37.1. The average molecular weight is 368 g/mol. The molecule has 0 radical (unpaired) electrons. The van der Waals surface area contributed by atoms with Crippen LogP contribution in [0.3, 0.4) is 0 Å². The Balaban J connectivity index is 3.03. The second-order valence-electron chi connectivity index (χ2n) is 6.12. The van der Waals surface area contributed by atoms with Gasteiger partial charge in [0, 0.05) is 31.7 Å². The Hall–Kier alpha value is -2.04. The number of likely N-dealkylation sites (tertiary alicyclic amines) is 1. The molecular formula is C14H23F3N4O4. The Bertz CT molecular complexity index is 527. The Labute approximate surface area is 143 Å². The minimum Gasteiger partial charge on any atom is -0.481 e. The number of nitrogens with one attached hydrogen (secondary N) is 1. The summed E-state index contributed by atoms with van der Waals surface area (Å²) in [5.41, 5.74) is 5.78. The molecule has 1 aliphatic heterocycles. The van der Waals surface area contributed by atoms with Crippen molar-refractivity contribution in [3.63, 3.8) is 0 Å². The van der Waals surface area contributed by atoms with Crippen LogP contribution in [-0.4, -0.2) is 76.8 Å². The predicted octanol–water partition coefficient (Wildman–Crippen LogP) is 0.228. The van der Waals surface area contributed by atoms with E-state index >= 15 is 0 Å². The number of carboxylic acid groups (broad SMARTS) is 1. The third-order valence-electron chi connectivity index (χ3n) is 4.15. The van der Waals surface area contributed by atoms with E-state index in [2.05, 4.69) is 0 Å². The van der Waals surface area contributed by atoms with Crippen molar-refractivity contribution in [2.24, 2.45) is 11.7 Å². The van der Waals surface area contributed by atoms with Gasteiger partial charge in [-0.2, -0.15) is 13.2 Å². The molecule has 4 N–H and O–H groups in total. The first-order valence-electron chi connectivity index (χ1n) is 7.82. The summed E-state index contributed by atoms with van der Waals surface area (Å²) >= 11 is 0. The number of halogens is 3. The molecule has 0 aromatic heterocycles. The van der Waals surface area contributed by atoms with E-state index in [1.54, 1.807) is 26.1 Å². The highest BCUT2D eigenvalue weighted by molar-refractivity contribution is 5.82. The minimum absolute atomic E-state index is 0.119. The van der Waals surface area contributed by atoms with Crippen molar-refractivity contribution in [3.05, 3.63) is 0 Å². The molecule has 1 aliphatic rings. The highest BCUT2D eigenvalue weighted by Crippen LogP contribution is 2.26. The normalized spacial score (nSPS) is 23.7. The van der Waals surface area contributed by atoms with Crippen molar-refractivity contribution in [2.75, 3.05) is 19.6 Å². The Morgan fingerprint density at radius 3 is 2.32 bits per heavy atom. The van der Waals surface area contributed by atoms with Crippen molar-refractivity contribution < 1.29 is 32.7 Å². The fourth-order valence-corrected chi connectivity index (χ4v) is 2.94. The summed E-state index contributed by atoms with van der Waals surface area (Å²) in [5, 5.41) is 11.0. The van der Waals surface area contributed by atoms with Crippen molar-refractivity contribution in [2.45, 2.75) is 45.1 Å². The van der Waals surface area contributed by atoms with Gasteiger partial charge in [-0.15, -0.1) is 0 Å². The van der Waals surface area contributed by atoms with Gasteiger partial charge in [-0.3, -0.25) is 9.59 Å². The van der Waals surface area contributed by atoms with Gasteiger partial charge in [0.05, 0.1) is 12.0 Å². The minimum atomic E-state index is -5.10. The summed E-state index contributed by atoms with van der Waals surface area (Å²) in [4.78, 5) is 37.7. The SMILES string of the molecule is CCN(C(=O)N1C[C@H](N)[C@H](C(=O)O)[C@@H]1CNC(=O)C(F)(F)F)C(C)C. The molecule has 1 fully saturated rings. The highest BCUT2D eigenvalue weighted by atomic mass is 19.4. The molecule has 1 rings (SSSR count). The molecule has 8 nitrogen and oxygen atoms in total. The van der Waals surface area contributed by atoms with Crippen molar-refractivity contribution >= 4 is 17.9 Å². The van der Waals surface area contributed by atoms with Crippen LogP contribution in [0.25, 0.3) is 0 Å². The van der Waals surface area contributed by atoms with Crippen LogP contribution in [0.4, 0.5) is 18.0 Å². The Kier molecular flexibility index (Phi) is 6.63. The van der Waals surface area contributed by atoms with E-state index in [9.17, 15) is 32.7 Å². The number of hydrogen-bond acceptors (Lipinski definition) is 4. The number of rotatable bonds is 5. The molecular weight excluding hydrogens is 345 g/mol. The largest absolute Gasteiger partial charge is 0.481 e. The third-order valence-corrected chi connectivity index (χ3v) is 4.15. The molecule has 144 valence electrons. The first-order valence-corrected chi connectivity index (χ1v) is 7.82. The van der Waals surface area contributed by atoms with Crippen LogP contribution >= 0.6 is 0 Å². The molecule has 0 bridgehead atoms. The maximum atomic E-state index is 12.7. The first kappa shape index (κ1) is 21.0. The van der Waals surface area contributed by atoms with Crippen LogP contribution in [0.2, 0.25) is 0 Å². The number of hydrogen-bond donors (Lipinski definition) is 3. The van der Waals surface area contributed by atoms with E-state index in [0.717, 1.165) is 4.90 Å². The maximum Gasteiger partial charge on any atom is 0.471 e. The average Bonchev–Trinajstić information content (AvgIpc) is 2.80. The number of nitrogens with two attached hydrogens (primary N) is 1. The third kappa shape index (κ3) is 4.74. The topological polar surface area (TPSA) is 116 Å². The molecule has 1 saturated heterocycles. The molecule has 3 amide bonds. The molecule has 0 spiro atoms. The van der Waals surface area contributed by atoms with E-state index in [0.29, 0.717) is 6.54 Å². The fraction of sp³-hybridized carbons (Fsp3) is 0.786. The summed E-state index contributed by atoms with van der Waals surface area (Å²) in [7, 11) is 0. The van der Waals surface area contributed by atoms with Crippen LogP contribution in [0.1, 0.15) is 20.8 Å². The number of carboxylic acids is 1. The lowest BCUT2D eigenvalue weighted by atomic mass is 9.97. The van der Waals surface area contributed by atoms with Crippen molar-refractivity contribution in [1.29, 1.82) is 0 Å². The van der Waals surface area contributed by atoms with E-state index in [1.807, 2.05) is 0 Å². The first-order chi connectivity index (χ1) is 11.4. The van der Waals surface area contributed by atoms with Gasteiger partial charge >= 0.3 is 24.1 Å². The van der Waals surface area contributed by atoms with Gasteiger partial charge in [-0.1, -0.05) is 0 Å². The molecule has 0 unspecified atom stereocenters. The zero-order valence-electron chi connectivity index (χ0n) is 14.2. The van der Waals surface area contributed by atoms with Crippen LogP contribution in [0, 0.1) is 5.92 Å². The van der Waals surface area contributed by atoms with Crippen LogP contribution in [0.15, 0.2) is 0 Å². The lowest BCUT2D eigenvalue weighted by Gasteiger charge is -2.34. The molecule has 3 atom stereocenters. The van der Waals surface area contributed by atoms with Gasteiger partial charge in [0.15, 0.2) is 0 Å². The van der Waals surface area contributed by atoms with E-state index in [1.165, 1.54) is 4.90 Å². The molecule has 11 heteroatoms. The second kappa shape index (κ2) is 7.89. The lowest BCUT2D eigenvalue weighted by molar-refractivity contribution is -0.173. The van der Waals surface area contributed by atoms with Crippen LogP contribution < -0.4 is 11.1 Å². The fourth-order valence-electron chi connectivity index (χ4n) is 2.94. The number of carbonyl (C=O) groups is 3. The summed E-state index contributed by atoms with van der Waals surface area (Å²) in [6.45, 7) is 4.81. The molecule has 0 aromatic carbocycles. The van der Waals surface area contributed by atoms with Gasteiger partial charge in [-0.25, -0.2) is 4.79 Å². The number of nitrogens with zero attached hydrogens (tertiary/aromatic N) is 2. The van der Waals surface area contributed by atoms with Gasteiger partial charge in [0.2, 0.25) is 0 Å². The number of amides is 3. The summed E-state index contributed by atoms with van der Waals surface area (Å²) in [6, 6.07) is -2.83. The second-order valence-corrected chi connectivity index (χ2v) is 6.12. The van der Waals surface area contributed by atoms with Crippen molar-refractivity contribution in [3.8, 4) is 0 Å². The molecule has 0 saturated carbocycles. The summed E-state index contributed by atoms with van der Waals surface area (Å²) in [6.07, 6.45) is -5.10. The van der Waals surface area contributed by atoms with E-state index in [4.69, 9.17) is 5.73 Å². The van der Waals surface area contributed by atoms with Crippen molar-refractivity contribution in [1.82, 2.24) is 15.1 Å². The molecule has 25 heavy (non-hydrogen) atoms. The van der Waals surface area contributed by atoms with Crippen LogP contribution in [-0.2, 0) is 9.59 Å². The Morgan fingerprint density at radius 2 is 1.92 bits per heavy atom. The van der Waals surface area contributed by atoms with Gasteiger partial charge in [0.1, 0.15) is 0 Å². The Morgan fingerprint density at radius 1 is 1.36 bits per heavy atom. The number of urea groups is 1. The number of alkyl halides is 3. The molecule has 0 aromatic rings. The zero-order valence-corrected chi connectivity index (χ0v) is 14.2. The molecule has 0 aliphatic carbocycles.